The molecule has 0 saturated heterocycles. The summed E-state index contributed by atoms with van der Waals surface area (Å²) < 4.78 is 5.87. The smallest absolute Gasteiger partial charge is 0.166 e. The SMILES string of the molecule is CCCc1ccc(O)c(N=Cc2cc(Br)cc(OC)c2O)c1. The predicted molar refractivity (Wildman–Crippen MR) is 91.7 cm³/mol. The van der Waals surface area contributed by atoms with Gasteiger partial charge in [0.1, 0.15) is 11.4 Å². The number of aromatic hydroxyl groups is 2. The molecule has 0 unspecified atom stereocenters. The van der Waals surface area contributed by atoms with Gasteiger partial charge >= 0.3 is 0 Å². The van der Waals surface area contributed by atoms with E-state index in [0.29, 0.717) is 17.0 Å². The van der Waals surface area contributed by atoms with Crippen LogP contribution in [-0.4, -0.2) is 23.5 Å². The molecule has 4 nitrogen and oxygen atoms in total. The second-order valence-corrected chi connectivity index (χ2v) is 5.79. The number of methoxy groups -OCH3 is 1. The van der Waals surface area contributed by atoms with Crippen molar-refractivity contribution in [1.29, 1.82) is 0 Å². The third-order valence-electron chi connectivity index (χ3n) is 3.21. The van der Waals surface area contributed by atoms with Crippen LogP contribution in [0.4, 0.5) is 5.69 Å². The minimum atomic E-state index is 0.0126. The van der Waals surface area contributed by atoms with Crippen LogP contribution in [0.1, 0.15) is 24.5 Å². The maximum absolute atomic E-state index is 10.1. The van der Waals surface area contributed by atoms with Crippen LogP contribution in [0.5, 0.6) is 17.2 Å². The van der Waals surface area contributed by atoms with E-state index < -0.39 is 0 Å². The van der Waals surface area contributed by atoms with Crippen LogP contribution in [0.25, 0.3) is 0 Å². The van der Waals surface area contributed by atoms with Crippen molar-refractivity contribution in [3.05, 3.63) is 45.9 Å². The summed E-state index contributed by atoms with van der Waals surface area (Å²) in [7, 11) is 1.49. The molecule has 2 aromatic rings. The third-order valence-corrected chi connectivity index (χ3v) is 3.67. The second-order valence-electron chi connectivity index (χ2n) is 4.88. The molecule has 0 aliphatic carbocycles. The topological polar surface area (TPSA) is 62.1 Å². The van der Waals surface area contributed by atoms with Gasteiger partial charge in [0.05, 0.1) is 7.11 Å². The zero-order valence-corrected chi connectivity index (χ0v) is 14.1. The summed E-state index contributed by atoms with van der Waals surface area (Å²) in [6.45, 7) is 2.10. The van der Waals surface area contributed by atoms with Crippen molar-refractivity contribution in [2.75, 3.05) is 7.11 Å². The van der Waals surface area contributed by atoms with Gasteiger partial charge in [0.25, 0.3) is 0 Å². The van der Waals surface area contributed by atoms with Gasteiger partial charge in [-0.05, 0) is 36.2 Å². The lowest BCUT2D eigenvalue weighted by molar-refractivity contribution is 0.373. The Morgan fingerprint density at radius 2 is 2.00 bits per heavy atom. The second kappa shape index (κ2) is 7.31. The normalized spacial score (nSPS) is 11.0. The van der Waals surface area contributed by atoms with Gasteiger partial charge in [-0.3, -0.25) is 4.99 Å². The van der Waals surface area contributed by atoms with E-state index in [1.165, 1.54) is 13.3 Å². The molecule has 0 aliphatic rings. The number of phenols is 2. The van der Waals surface area contributed by atoms with E-state index in [9.17, 15) is 10.2 Å². The monoisotopic (exact) mass is 363 g/mol. The molecule has 0 aromatic heterocycles. The number of phenolic OH excluding ortho intramolecular Hbond substituents is 2. The van der Waals surface area contributed by atoms with Crippen LogP contribution in [-0.2, 0) is 6.42 Å². The van der Waals surface area contributed by atoms with E-state index in [2.05, 4.69) is 27.8 Å². The zero-order valence-electron chi connectivity index (χ0n) is 12.5. The Balaban J connectivity index is 2.36. The number of halogens is 1. The summed E-state index contributed by atoms with van der Waals surface area (Å²) in [4.78, 5) is 4.28. The van der Waals surface area contributed by atoms with Crippen LogP contribution in [0.2, 0.25) is 0 Å². The molecule has 0 saturated carbocycles. The summed E-state index contributed by atoms with van der Waals surface area (Å²) in [5.41, 5.74) is 2.10. The molecule has 2 N–H and O–H groups in total. The Hall–Kier alpha value is -2.01. The summed E-state index contributed by atoms with van der Waals surface area (Å²) in [5.74, 6) is 0.482. The maximum Gasteiger partial charge on any atom is 0.166 e. The van der Waals surface area contributed by atoms with E-state index in [1.807, 2.05) is 12.1 Å². The lowest BCUT2D eigenvalue weighted by atomic mass is 10.1. The lowest BCUT2D eigenvalue weighted by Gasteiger charge is -2.07. The number of hydrogen-bond acceptors (Lipinski definition) is 4. The van der Waals surface area contributed by atoms with Gasteiger partial charge in [0.2, 0.25) is 0 Å². The number of aliphatic imine (C=N–C) groups is 1. The molecular formula is C17H18BrNO3. The molecular weight excluding hydrogens is 346 g/mol. The van der Waals surface area contributed by atoms with Gasteiger partial charge in [-0.25, -0.2) is 0 Å². The minimum absolute atomic E-state index is 0.0126. The van der Waals surface area contributed by atoms with Crippen LogP contribution in [0.3, 0.4) is 0 Å². The van der Waals surface area contributed by atoms with E-state index in [0.717, 1.165) is 22.9 Å². The number of nitrogens with zero attached hydrogens (tertiary/aromatic N) is 1. The molecule has 0 heterocycles. The van der Waals surface area contributed by atoms with Gasteiger partial charge in [-0.1, -0.05) is 35.3 Å². The first kappa shape index (κ1) is 16.4. The first-order valence-electron chi connectivity index (χ1n) is 6.97. The highest BCUT2D eigenvalue weighted by atomic mass is 79.9. The van der Waals surface area contributed by atoms with Gasteiger partial charge in [0, 0.05) is 16.3 Å². The van der Waals surface area contributed by atoms with Crippen LogP contribution in [0.15, 0.2) is 39.8 Å². The molecule has 0 bridgehead atoms. The van der Waals surface area contributed by atoms with E-state index in [-0.39, 0.29) is 11.5 Å². The quantitative estimate of drug-likeness (QED) is 0.764. The zero-order chi connectivity index (χ0) is 16.1. The Kier molecular flexibility index (Phi) is 5.44. The fourth-order valence-electron chi connectivity index (χ4n) is 2.10. The summed E-state index contributed by atoms with van der Waals surface area (Å²) in [6.07, 6.45) is 3.46. The first-order valence-corrected chi connectivity index (χ1v) is 7.77. The standard InChI is InChI=1S/C17H18BrNO3/c1-3-4-11-5-6-15(20)14(7-11)19-10-12-8-13(18)9-16(22-2)17(12)21/h5-10,20-21H,3-4H2,1-2H3. The molecule has 5 heteroatoms. The van der Waals surface area contributed by atoms with Crippen molar-refractivity contribution in [2.45, 2.75) is 19.8 Å². The number of rotatable bonds is 5. The largest absolute Gasteiger partial charge is 0.506 e. The molecule has 0 atom stereocenters. The molecule has 0 aliphatic heterocycles. The van der Waals surface area contributed by atoms with Crippen molar-refractivity contribution in [3.8, 4) is 17.2 Å². The molecule has 2 rings (SSSR count). The number of aryl methyl sites for hydroxylation is 1. The van der Waals surface area contributed by atoms with E-state index in [4.69, 9.17) is 4.74 Å². The van der Waals surface area contributed by atoms with Crippen molar-refractivity contribution >= 4 is 27.8 Å². The van der Waals surface area contributed by atoms with Crippen LogP contribution in [0, 0.1) is 0 Å². The number of hydrogen-bond donors (Lipinski definition) is 2. The summed E-state index contributed by atoms with van der Waals surface area (Å²) >= 11 is 3.36. The highest BCUT2D eigenvalue weighted by Gasteiger charge is 2.08. The summed E-state index contributed by atoms with van der Waals surface area (Å²) in [5, 5.41) is 20.0. The van der Waals surface area contributed by atoms with Gasteiger partial charge in [0.15, 0.2) is 11.5 Å². The number of benzene rings is 2. The van der Waals surface area contributed by atoms with Gasteiger partial charge in [-0.15, -0.1) is 0 Å². The summed E-state index contributed by atoms with van der Waals surface area (Å²) in [6, 6.07) is 8.78. The van der Waals surface area contributed by atoms with Gasteiger partial charge in [-0.2, -0.15) is 0 Å². The average Bonchev–Trinajstić information content (AvgIpc) is 2.50. The van der Waals surface area contributed by atoms with Gasteiger partial charge < -0.3 is 14.9 Å². The van der Waals surface area contributed by atoms with E-state index in [1.54, 1.807) is 18.2 Å². The van der Waals surface area contributed by atoms with E-state index >= 15 is 0 Å². The number of ether oxygens (including phenoxy) is 1. The molecule has 116 valence electrons. The Bertz CT molecular complexity index is 699. The Morgan fingerprint density at radius 3 is 2.68 bits per heavy atom. The molecule has 2 aromatic carbocycles. The highest BCUT2D eigenvalue weighted by molar-refractivity contribution is 9.10. The fraction of sp³-hybridized carbons (Fsp3) is 0.235. The fourth-order valence-corrected chi connectivity index (χ4v) is 2.56. The molecule has 0 radical (unpaired) electrons. The van der Waals surface area contributed by atoms with Crippen molar-refractivity contribution in [3.63, 3.8) is 0 Å². The maximum atomic E-state index is 10.1. The Morgan fingerprint density at radius 1 is 1.23 bits per heavy atom. The van der Waals surface area contributed by atoms with Crippen molar-refractivity contribution in [2.24, 2.45) is 4.99 Å². The third kappa shape index (κ3) is 3.80. The first-order chi connectivity index (χ1) is 10.5. The van der Waals surface area contributed by atoms with Crippen LogP contribution < -0.4 is 4.74 Å². The minimum Gasteiger partial charge on any atom is -0.506 e. The van der Waals surface area contributed by atoms with Crippen molar-refractivity contribution in [1.82, 2.24) is 0 Å². The Labute approximate surface area is 138 Å². The molecule has 0 amide bonds. The van der Waals surface area contributed by atoms with Crippen molar-refractivity contribution < 1.29 is 14.9 Å². The molecule has 22 heavy (non-hydrogen) atoms. The highest BCUT2D eigenvalue weighted by Crippen LogP contribution is 2.34. The average molecular weight is 364 g/mol. The predicted octanol–water partition coefficient (Wildman–Crippen LogP) is 4.57. The molecule has 0 fully saturated rings. The molecule has 0 spiro atoms. The lowest BCUT2D eigenvalue weighted by Crippen LogP contribution is -1.89. The van der Waals surface area contributed by atoms with Crippen LogP contribution >= 0.6 is 15.9 Å².